The van der Waals surface area contributed by atoms with Gasteiger partial charge in [0.1, 0.15) is 5.75 Å². The van der Waals surface area contributed by atoms with Crippen LogP contribution in [0.15, 0.2) is 18.2 Å². The van der Waals surface area contributed by atoms with Gasteiger partial charge in [-0.1, -0.05) is 19.9 Å². The van der Waals surface area contributed by atoms with E-state index in [9.17, 15) is 10.0 Å². The summed E-state index contributed by atoms with van der Waals surface area (Å²) >= 11 is 0. The topological polar surface area (TPSA) is 52.9 Å². The van der Waals surface area contributed by atoms with E-state index < -0.39 is 7.12 Å². The molecular formula is C13H22BNO3. The van der Waals surface area contributed by atoms with Crippen LogP contribution in [0.5, 0.6) is 5.75 Å². The van der Waals surface area contributed by atoms with Gasteiger partial charge in [0.25, 0.3) is 0 Å². The van der Waals surface area contributed by atoms with E-state index in [2.05, 4.69) is 18.7 Å². The summed E-state index contributed by atoms with van der Waals surface area (Å²) in [7, 11) is 0.170. The molecule has 0 atom stereocenters. The second-order valence-electron chi connectivity index (χ2n) is 4.31. The molecule has 0 aliphatic rings. The van der Waals surface area contributed by atoms with Crippen LogP contribution in [0, 0.1) is 0 Å². The molecule has 0 bridgehead atoms. The fourth-order valence-electron chi connectivity index (χ4n) is 2.00. The van der Waals surface area contributed by atoms with Crippen LogP contribution in [0.1, 0.15) is 25.8 Å². The molecule has 0 unspecified atom stereocenters. The molecule has 0 spiro atoms. The van der Waals surface area contributed by atoms with E-state index in [1.165, 1.54) is 0 Å². The normalized spacial score (nSPS) is 10.8. The Morgan fingerprint density at radius 1 is 1.28 bits per heavy atom. The minimum Gasteiger partial charge on any atom is -0.497 e. The van der Waals surface area contributed by atoms with Crippen LogP contribution >= 0.6 is 0 Å². The highest BCUT2D eigenvalue weighted by Gasteiger charge is 2.17. The Balaban J connectivity index is 2.95. The fourth-order valence-corrected chi connectivity index (χ4v) is 2.00. The Labute approximate surface area is 109 Å². The van der Waals surface area contributed by atoms with Gasteiger partial charge >= 0.3 is 7.12 Å². The predicted octanol–water partition coefficient (Wildman–Crippen LogP) is 0.607. The summed E-state index contributed by atoms with van der Waals surface area (Å²) in [6.07, 6.45) is 1.08. The number of rotatable bonds is 7. The van der Waals surface area contributed by atoms with Crippen LogP contribution in [-0.4, -0.2) is 42.3 Å². The van der Waals surface area contributed by atoms with Crippen LogP contribution in [0.3, 0.4) is 0 Å². The number of benzene rings is 1. The van der Waals surface area contributed by atoms with Gasteiger partial charge in [0, 0.05) is 6.54 Å². The molecule has 0 saturated heterocycles. The van der Waals surface area contributed by atoms with E-state index in [-0.39, 0.29) is 0 Å². The Kier molecular flexibility index (Phi) is 6.19. The molecule has 0 aromatic heterocycles. The first kappa shape index (κ1) is 15.0. The Morgan fingerprint density at radius 2 is 2.00 bits per heavy atom. The summed E-state index contributed by atoms with van der Waals surface area (Å²) < 4.78 is 5.18. The highest BCUT2D eigenvalue weighted by molar-refractivity contribution is 6.59. The van der Waals surface area contributed by atoms with Gasteiger partial charge in [-0.15, -0.1) is 0 Å². The fraction of sp³-hybridized carbons (Fsp3) is 0.538. The molecular weight excluding hydrogens is 229 g/mol. The van der Waals surface area contributed by atoms with Crippen molar-refractivity contribution in [1.29, 1.82) is 0 Å². The molecule has 0 heterocycles. The molecule has 5 heteroatoms. The largest absolute Gasteiger partial charge is 0.497 e. The van der Waals surface area contributed by atoms with Crippen molar-refractivity contribution in [2.45, 2.75) is 26.8 Å². The highest BCUT2D eigenvalue weighted by atomic mass is 16.5. The summed E-state index contributed by atoms with van der Waals surface area (Å²) in [6.45, 7) is 6.87. The molecule has 0 fully saturated rings. The maximum atomic E-state index is 9.38. The number of nitrogens with zero attached hydrogens (tertiary/aromatic N) is 1. The first-order valence-corrected chi connectivity index (χ1v) is 6.37. The molecule has 1 aromatic rings. The second-order valence-corrected chi connectivity index (χ2v) is 4.31. The highest BCUT2D eigenvalue weighted by Crippen LogP contribution is 2.13. The van der Waals surface area contributed by atoms with Crippen LogP contribution in [-0.2, 0) is 6.54 Å². The quantitative estimate of drug-likeness (QED) is 0.697. The van der Waals surface area contributed by atoms with Crippen molar-refractivity contribution in [3.63, 3.8) is 0 Å². The number of hydrogen-bond acceptors (Lipinski definition) is 4. The zero-order valence-corrected chi connectivity index (χ0v) is 11.4. The summed E-state index contributed by atoms with van der Waals surface area (Å²) in [4.78, 5) is 2.26. The Bertz CT molecular complexity index is 371. The van der Waals surface area contributed by atoms with Crippen molar-refractivity contribution in [1.82, 2.24) is 4.90 Å². The van der Waals surface area contributed by atoms with Crippen molar-refractivity contribution in [3.8, 4) is 5.75 Å². The average molecular weight is 251 g/mol. The molecule has 1 rings (SSSR count). The van der Waals surface area contributed by atoms with Crippen molar-refractivity contribution in [3.05, 3.63) is 23.8 Å². The number of hydrogen-bond donors (Lipinski definition) is 2. The number of ether oxygens (including phenoxy) is 1. The minimum absolute atomic E-state index is 0.547. The van der Waals surface area contributed by atoms with Gasteiger partial charge < -0.3 is 14.8 Å². The van der Waals surface area contributed by atoms with Gasteiger partial charge in [-0.25, -0.2) is 0 Å². The van der Waals surface area contributed by atoms with E-state index >= 15 is 0 Å². The predicted molar refractivity (Wildman–Crippen MR) is 74.1 cm³/mol. The smallest absolute Gasteiger partial charge is 0.488 e. The van der Waals surface area contributed by atoms with E-state index in [0.717, 1.165) is 30.8 Å². The van der Waals surface area contributed by atoms with Crippen molar-refractivity contribution < 1.29 is 14.8 Å². The van der Waals surface area contributed by atoms with Crippen molar-refractivity contribution in [2.24, 2.45) is 0 Å². The molecule has 0 aliphatic heterocycles. The molecule has 0 amide bonds. The van der Waals surface area contributed by atoms with E-state index in [4.69, 9.17) is 4.74 Å². The standard InChI is InChI=1S/C13H22BNO3/c1-4-8-15(5-2)10-11-9-12(18-3)6-7-13(11)14(16)17/h6-7,9,16-17H,4-5,8,10H2,1-3H3. The summed E-state index contributed by atoms with van der Waals surface area (Å²) in [6, 6.07) is 5.32. The van der Waals surface area contributed by atoms with Gasteiger partial charge in [-0.2, -0.15) is 0 Å². The molecule has 4 nitrogen and oxygen atoms in total. The minimum atomic E-state index is -1.44. The lowest BCUT2D eigenvalue weighted by molar-refractivity contribution is 0.280. The first-order valence-electron chi connectivity index (χ1n) is 6.37. The molecule has 1 aromatic carbocycles. The Hall–Kier alpha value is -1.04. The van der Waals surface area contributed by atoms with Crippen molar-refractivity contribution in [2.75, 3.05) is 20.2 Å². The maximum Gasteiger partial charge on any atom is 0.488 e. The van der Waals surface area contributed by atoms with Gasteiger partial charge in [-0.3, -0.25) is 4.90 Å². The van der Waals surface area contributed by atoms with Crippen LogP contribution in [0.2, 0.25) is 0 Å². The lowest BCUT2D eigenvalue weighted by Crippen LogP contribution is -2.36. The first-order chi connectivity index (χ1) is 8.62. The zero-order valence-electron chi connectivity index (χ0n) is 11.4. The lowest BCUT2D eigenvalue weighted by Gasteiger charge is -2.21. The lowest BCUT2D eigenvalue weighted by atomic mass is 9.77. The third-order valence-corrected chi connectivity index (χ3v) is 3.01. The maximum absolute atomic E-state index is 9.38. The Morgan fingerprint density at radius 3 is 2.50 bits per heavy atom. The SMILES string of the molecule is CCCN(CC)Cc1cc(OC)ccc1B(O)O. The molecule has 18 heavy (non-hydrogen) atoms. The monoisotopic (exact) mass is 251 g/mol. The van der Waals surface area contributed by atoms with Crippen molar-refractivity contribution >= 4 is 12.6 Å². The van der Waals surface area contributed by atoms with Gasteiger partial charge in [-0.05, 0) is 42.7 Å². The van der Waals surface area contributed by atoms with Gasteiger partial charge in [0.15, 0.2) is 0 Å². The molecule has 100 valence electrons. The van der Waals surface area contributed by atoms with Crippen LogP contribution in [0.25, 0.3) is 0 Å². The summed E-state index contributed by atoms with van der Waals surface area (Å²) in [5.41, 5.74) is 1.45. The third-order valence-electron chi connectivity index (χ3n) is 3.01. The number of methoxy groups -OCH3 is 1. The molecule has 0 radical (unpaired) electrons. The van der Waals surface area contributed by atoms with Crippen LogP contribution in [0.4, 0.5) is 0 Å². The van der Waals surface area contributed by atoms with E-state index in [1.807, 2.05) is 6.07 Å². The van der Waals surface area contributed by atoms with E-state index in [0.29, 0.717) is 12.0 Å². The summed E-state index contributed by atoms with van der Waals surface area (Å²) in [5.74, 6) is 0.738. The average Bonchev–Trinajstić information content (AvgIpc) is 2.37. The second kappa shape index (κ2) is 7.41. The van der Waals surface area contributed by atoms with Gasteiger partial charge in [0.2, 0.25) is 0 Å². The van der Waals surface area contributed by atoms with Gasteiger partial charge in [0.05, 0.1) is 7.11 Å². The third kappa shape index (κ3) is 4.01. The molecule has 0 aliphatic carbocycles. The molecule has 0 saturated carbocycles. The molecule has 2 N–H and O–H groups in total. The van der Waals surface area contributed by atoms with E-state index in [1.54, 1.807) is 19.2 Å². The zero-order chi connectivity index (χ0) is 13.5. The summed E-state index contributed by atoms with van der Waals surface area (Å²) in [5, 5.41) is 18.8. The van der Waals surface area contributed by atoms with Crippen LogP contribution < -0.4 is 10.2 Å².